The molecule has 1 aromatic carbocycles. The molecule has 0 N–H and O–H groups in total. The van der Waals surface area contributed by atoms with E-state index in [0.717, 1.165) is 24.5 Å². The fourth-order valence-corrected chi connectivity index (χ4v) is 2.62. The van der Waals surface area contributed by atoms with Crippen molar-refractivity contribution in [3.63, 3.8) is 0 Å². The molecular weight excluding hydrogens is 292 g/mol. The predicted molar refractivity (Wildman–Crippen MR) is 77.6 cm³/mol. The van der Waals surface area contributed by atoms with Crippen LogP contribution in [0.15, 0.2) is 18.2 Å². The van der Waals surface area contributed by atoms with Gasteiger partial charge in [0.2, 0.25) is 5.91 Å². The summed E-state index contributed by atoms with van der Waals surface area (Å²) in [6.45, 7) is 2.13. The summed E-state index contributed by atoms with van der Waals surface area (Å²) in [6.07, 6.45) is 1.49. The highest BCUT2D eigenvalue weighted by molar-refractivity contribution is 5.77. The molecule has 2 rings (SSSR count). The van der Waals surface area contributed by atoms with Crippen LogP contribution in [0.2, 0.25) is 0 Å². The maximum atomic E-state index is 13.3. The van der Waals surface area contributed by atoms with Gasteiger partial charge in [-0.3, -0.25) is 4.79 Å². The van der Waals surface area contributed by atoms with E-state index in [2.05, 4.69) is 0 Å². The van der Waals surface area contributed by atoms with Gasteiger partial charge in [-0.15, -0.1) is 0 Å². The highest BCUT2D eigenvalue weighted by Gasteiger charge is 2.24. The molecule has 0 unspecified atom stereocenters. The number of carbonyl (C=O) groups excluding carboxylic acids is 1. The number of ether oxygens (including phenoxy) is 2. The molecule has 0 radical (unpaired) electrons. The molecule has 1 saturated heterocycles. The molecular formula is C16H21F2NO3. The lowest BCUT2D eigenvalue weighted by Gasteiger charge is -2.32. The first-order chi connectivity index (χ1) is 10.6. The summed E-state index contributed by atoms with van der Waals surface area (Å²) in [5, 5.41) is 0. The third-order valence-corrected chi connectivity index (χ3v) is 3.92. The van der Waals surface area contributed by atoms with Gasteiger partial charge < -0.3 is 14.4 Å². The molecule has 1 aromatic rings. The maximum Gasteiger partial charge on any atom is 0.248 e. The third kappa shape index (κ3) is 4.48. The van der Waals surface area contributed by atoms with Crippen LogP contribution in [-0.4, -0.2) is 50.8 Å². The lowest BCUT2D eigenvalue weighted by Crippen LogP contribution is -2.40. The normalized spacial score (nSPS) is 16.0. The summed E-state index contributed by atoms with van der Waals surface area (Å²) >= 11 is 0. The van der Waals surface area contributed by atoms with Gasteiger partial charge in [0.1, 0.15) is 6.61 Å². The predicted octanol–water partition coefficient (Wildman–Crippen LogP) is 2.33. The summed E-state index contributed by atoms with van der Waals surface area (Å²) in [4.78, 5) is 13.7. The van der Waals surface area contributed by atoms with Crippen LogP contribution in [0.3, 0.4) is 0 Å². The van der Waals surface area contributed by atoms with Crippen LogP contribution in [0.4, 0.5) is 8.78 Å². The number of hydrogen-bond donors (Lipinski definition) is 0. The van der Waals surface area contributed by atoms with E-state index in [4.69, 9.17) is 9.47 Å². The topological polar surface area (TPSA) is 38.8 Å². The highest BCUT2D eigenvalue weighted by atomic mass is 19.2. The van der Waals surface area contributed by atoms with Crippen molar-refractivity contribution in [1.82, 2.24) is 4.90 Å². The van der Waals surface area contributed by atoms with Crippen molar-refractivity contribution in [2.45, 2.75) is 18.8 Å². The molecule has 122 valence electrons. The minimum atomic E-state index is -0.829. The summed E-state index contributed by atoms with van der Waals surface area (Å²) in [7, 11) is 1.58. The molecule has 0 atom stereocenters. The van der Waals surface area contributed by atoms with Crippen molar-refractivity contribution in [3.05, 3.63) is 35.4 Å². The van der Waals surface area contributed by atoms with Crippen LogP contribution in [0.25, 0.3) is 0 Å². The summed E-state index contributed by atoms with van der Waals surface area (Å²) in [5.41, 5.74) is 0.794. The number of methoxy groups -OCH3 is 1. The fraction of sp³-hybridized carbons (Fsp3) is 0.562. The number of nitrogens with zero attached hydrogens (tertiary/aromatic N) is 1. The summed E-state index contributed by atoms with van der Waals surface area (Å²) < 4.78 is 36.3. The van der Waals surface area contributed by atoms with E-state index in [0.29, 0.717) is 26.3 Å². The van der Waals surface area contributed by atoms with Crippen LogP contribution in [-0.2, 0) is 14.3 Å². The van der Waals surface area contributed by atoms with Gasteiger partial charge in [-0.05, 0) is 36.5 Å². The second-order valence-corrected chi connectivity index (χ2v) is 5.37. The monoisotopic (exact) mass is 313 g/mol. The molecule has 1 aliphatic heterocycles. The molecule has 22 heavy (non-hydrogen) atoms. The van der Waals surface area contributed by atoms with Gasteiger partial charge in [0.15, 0.2) is 11.6 Å². The molecule has 1 amide bonds. The van der Waals surface area contributed by atoms with Crippen molar-refractivity contribution in [2.75, 3.05) is 40.0 Å². The zero-order valence-electron chi connectivity index (χ0n) is 12.7. The lowest BCUT2D eigenvalue weighted by atomic mass is 9.89. The van der Waals surface area contributed by atoms with E-state index >= 15 is 0 Å². The fourth-order valence-electron chi connectivity index (χ4n) is 2.62. The number of rotatable bonds is 6. The van der Waals surface area contributed by atoms with Crippen LogP contribution >= 0.6 is 0 Å². The van der Waals surface area contributed by atoms with E-state index in [9.17, 15) is 13.6 Å². The molecule has 0 bridgehead atoms. The molecule has 1 fully saturated rings. The zero-order chi connectivity index (χ0) is 15.9. The average molecular weight is 313 g/mol. The zero-order valence-corrected chi connectivity index (χ0v) is 12.7. The lowest BCUT2D eigenvalue weighted by molar-refractivity contribution is -0.137. The van der Waals surface area contributed by atoms with Crippen LogP contribution in [0.5, 0.6) is 0 Å². The third-order valence-electron chi connectivity index (χ3n) is 3.92. The SMILES string of the molecule is COCCOCC(=O)N1CCC(c2ccc(F)c(F)c2)CC1. The second-order valence-electron chi connectivity index (χ2n) is 5.37. The molecule has 1 heterocycles. The van der Waals surface area contributed by atoms with Crippen molar-refractivity contribution in [2.24, 2.45) is 0 Å². The van der Waals surface area contributed by atoms with Gasteiger partial charge in [0.25, 0.3) is 0 Å². The average Bonchev–Trinajstić information content (AvgIpc) is 2.54. The quantitative estimate of drug-likeness (QED) is 0.757. The van der Waals surface area contributed by atoms with Gasteiger partial charge >= 0.3 is 0 Å². The Balaban J connectivity index is 1.79. The van der Waals surface area contributed by atoms with E-state index in [-0.39, 0.29) is 18.4 Å². The van der Waals surface area contributed by atoms with Crippen molar-refractivity contribution < 1.29 is 23.0 Å². The Hall–Kier alpha value is -1.53. The smallest absolute Gasteiger partial charge is 0.248 e. The molecule has 0 saturated carbocycles. The summed E-state index contributed by atoms with van der Waals surface area (Å²) in [5.74, 6) is -1.53. The number of carbonyl (C=O) groups is 1. The van der Waals surface area contributed by atoms with E-state index < -0.39 is 11.6 Å². The molecule has 0 aliphatic carbocycles. The van der Waals surface area contributed by atoms with Gasteiger partial charge in [0.05, 0.1) is 13.2 Å². The maximum absolute atomic E-state index is 13.3. The number of likely N-dealkylation sites (tertiary alicyclic amines) is 1. The molecule has 4 nitrogen and oxygen atoms in total. The number of amides is 1. The highest BCUT2D eigenvalue weighted by Crippen LogP contribution is 2.28. The Morgan fingerprint density at radius 1 is 1.23 bits per heavy atom. The van der Waals surface area contributed by atoms with Gasteiger partial charge in [-0.25, -0.2) is 8.78 Å². The number of hydrogen-bond acceptors (Lipinski definition) is 3. The Labute approximate surface area is 129 Å². The van der Waals surface area contributed by atoms with Crippen LogP contribution in [0, 0.1) is 11.6 Å². The largest absolute Gasteiger partial charge is 0.382 e. The summed E-state index contributed by atoms with van der Waals surface area (Å²) in [6, 6.07) is 4.03. The molecule has 6 heteroatoms. The van der Waals surface area contributed by atoms with E-state index in [1.54, 1.807) is 18.1 Å². The van der Waals surface area contributed by atoms with Crippen LogP contribution < -0.4 is 0 Å². The van der Waals surface area contributed by atoms with Gasteiger partial charge in [-0.2, -0.15) is 0 Å². The second kappa shape index (κ2) is 8.19. The first kappa shape index (κ1) is 16.8. The van der Waals surface area contributed by atoms with E-state index in [1.165, 1.54) is 6.07 Å². The Kier molecular flexibility index (Phi) is 6.27. The number of benzene rings is 1. The molecule has 1 aliphatic rings. The Morgan fingerprint density at radius 2 is 1.95 bits per heavy atom. The standard InChI is InChI=1S/C16H21F2NO3/c1-21-8-9-22-11-16(20)19-6-4-12(5-7-19)13-2-3-14(17)15(18)10-13/h2-3,10,12H,4-9,11H2,1H3. The van der Waals surface area contributed by atoms with Crippen molar-refractivity contribution >= 4 is 5.91 Å². The Morgan fingerprint density at radius 3 is 2.59 bits per heavy atom. The van der Waals surface area contributed by atoms with Gasteiger partial charge in [-0.1, -0.05) is 6.07 Å². The Bertz CT molecular complexity index is 502. The number of piperidine rings is 1. The minimum Gasteiger partial charge on any atom is -0.382 e. The molecule has 0 aromatic heterocycles. The first-order valence-electron chi connectivity index (χ1n) is 7.41. The first-order valence-corrected chi connectivity index (χ1v) is 7.41. The van der Waals surface area contributed by atoms with Crippen molar-refractivity contribution in [1.29, 1.82) is 0 Å². The minimum absolute atomic E-state index is 0.0418. The van der Waals surface area contributed by atoms with Crippen LogP contribution in [0.1, 0.15) is 24.3 Å². The van der Waals surface area contributed by atoms with Crippen molar-refractivity contribution in [3.8, 4) is 0 Å². The molecule has 0 spiro atoms. The number of halogens is 2. The van der Waals surface area contributed by atoms with Gasteiger partial charge in [0, 0.05) is 20.2 Å². The van der Waals surface area contributed by atoms with E-state index in [1.807, 2.05) is 0 Å².